The van der Waals surface area contributed by atoms with Gasteiger partial charge in [-0.15, -0.1) is 0 Å². The van der Waals surface area contributed by atoms with E-state index in [4.69, 9.17) is 14.2 Å². The second kappa shape index (κ2) is 5.25. The molecule has 1 heterocycles. The highest BCUT2D eigenvalue weighted by atomic mass is 16.7. The van der Waals surface area contributed by atoms with Crippen molar-refractivity contribution in [2.75, 3.05) is 13.4 Å². The molecular weight excluding hydrogens is 222 g/mol. The van der Waals surface area contributed by atoms with Crippen LogP contribution in [0.15, 0.2) is 24.4 Å². The Balaban J connectivity index is 1.95. The van der Waals surface area contributed by atoms with Crippen LogP contribution in [0, 0.1) is 0 Å². The first-order valence-corrected chi connectivity index (χ1v) is 5.29. The molecule has 1 amide bonds. The third-order valence-corrected chi connectivity index (χ3v) is 2.15. The van der Waals surface area contributed by atoms with Crippen LogP contribution in [0.2, 0.25) is 0 Å². The zero-order chi connectivity index (χ0) is 12.1. The number of amides is 1. The number of hydrogen-bond acceptors (Lipinski definition) is 4. The van der Waals surface area contributed by atoms with E-state index < -0.39 is 6.09 Å². The summed E-state index contributed by atoms with van der Waals surface area (Å²) in [7, 11) is 0. The summed E-state index contributed by atoms with van der Waals surface area (Å²) >= 11 is 0. The lowest BCUT2D eigenvalue weighted by atomic mass is 10.2. The number of alkyl carbamates (subject to hydrolysis) is 1. The van der Waals surface area contributed by atoms with Gasteiger partial charge in [0.1, 0.15) is 0 Å². The van der Waals surface area contributed by atoms with E-state index in [0.29, 0.717) is 12.4 Å². The monoisotopic (exact) mass is 235 g/mol. The minimum absolute atomic E-state index is 0.254. The molecule has 0 spiro atoms. The summed E-state index contributed by atoms with van der Waals surface area (Å²) in [4.78, 5) is 11.0. The molecule has 0 aromatic heterocycles. The molecule has 1 aromatic carbocycles. The molecule has 1 N–H and O–H groups in total. The quantitative estimate of drug-likeness (QED) is 0.872. The zero-order valence-corrected chi connectivity index (χ0v) is 9.43. The Morgan fingerprint density at radius 3 is 3.12 bits per heavy atom. The van der Waals surface area contributed by atoms with E-state index in [1.807, 2.05) is 18.2 Å². The SMILES string of the molecule is CCOC(=O)N/C=C/c1ccc2c(c1)OCO2. The maximum atomic E-state index is 11.0. The first-order valence-electron chi connectivity index (χ1n) is 5.29. The Morgan fingerprint density at radius 2 is 2.29 bits per heavy atom. The van der Waals surface area contributed by atoms with E-state index in [1.165, 1.54) is 6.20 Å². The van der Waals surface area contributed by atoms with E-state index >= 15 is 0 Å². The van der Waals surface area contributed by atoms with Gasteiger partial charge in [0.2, 0.25) is 6.79 Å². The number of carbonyl (C=O) groups excluding carboxylic acids is 1. The normalized spacial score (nSPS) is 12.8. The summed E-state index contributed by atoms with van der Waals surface area (Å²) in [6.45, 7) is 2.36. The molecule has 0 saturated heterocycles. The van der Waals surface area contributed by atoms with E-state index in [1.54, 1.807) is 13.0 Å². The zero-order valence-electron chi connectivity index (χ0n) is 9.43. The summed E-state index contributed by atoms with van der Waals surface area (Å²) in [6.07, 6.45) is 2.80. The number of benzene rings is 1. The van der Waals surface area contributed by atoms with Crippen molar-refractivity contribution >= 4 is 12.2 Å². The average Bonchev–Trinajstić information content (AvgIpc) is 2.76. The third-order valence-electron chi connectivity index (χ3n) is 2.15. The van der Waals surface area contributed by atoms with Crippen LogP contribution >= 0.6 is 0 Å². The van der Waals surface area contributed by atoms with Gasteiger partial charge in [-0.2, -0.15) is 0 Å². The number of hydrogen-bond donors (Lipinski definition) is 1. The molecule has 1 aliphatic heterocycles. The molecule has 0 bridgehead atoms. The van der Waals surface area contributed by atoms with E-state index in [-0.39, 0.29) is 6.79 Å². The van der Waals surface area contributed by atoms with Gasteiger partial charge in [-0.25, -0.2) is 4.79 Å². The molecule has 0 radical (unpaired) electrons. The van der Waals surface area contributed by atoms with Crippen LogP contribution in [-0.4, -0.2) is 19.5 Å². The summed E-state index contributed by atoms with van der Waals surface area (Å²) in [5.41, 5.74) is 0.908. The number of ether oxygens (including phenoxy) is 3. The van der Waals surface area contributed by atoms with Gasteiger partial charge in [-0.05, 0) is 30.7 Å². The van der Waals surface area contributed by atoms with Crippen LogP contribution in [0.3, 0.4) is 0 Å². The Bertz CT molecular complexity index is 442. The van der Waals surface area contributed by atoms with Crippen LogP contribution in [-0.2, 0) is 4.74 Å². The molecule has 1 aromatic rings. The number of rotatable bonds is 3. The summed E-state index contributed by atoms with van der Waals surface area (Å²) < 4.78 is 15.1. The molecule has 0 saturated carbocycles. The molecule has 1 aliphatic rings. The molecule has 90 valence electrons. The minimum Gasteiger partial charge on any atom is -0.454 e. The maximum Gasteiger partial charge on any atom is 0.411 e. The topological polar surface area (TPSA) is 56.8 Å². The highest BCUT2D eigenvalue weighted by Gasteiger charge is 2.12. The van der Waals surface area contributed by atoms with Crippen molar-refractivity contribution in [2.24, 2.45) is 0 Å². The van der Waals surface area contributed by atoms with Crippen LogP contribution in [0.5, 0.6) is 11.5 Å². The first kappa shape index (κ1) is 11.3. The molecular formula is C12H13NO4. The van der Waals surface area contributed by atoms with Crippen LogP contribution < -0.4 is 14.8 Å². The number of fused-ring (bicyclic) bond motifs is 1. The lowest BCUT2D eigenvalue weighted by Gasteiger charge is -2.00. The standard InChI is InChI=1S/C12H13NO4/c1-2-15-12(14)13-6-5-9-3-4-10-11(7-9)17-8-16-10/h3-7H,2,8H2,1H3,(H,13,14)/b6-5+. The molecule has 0 unspecified atom stereocenters. The van der Waals surface area contributed by atoms with E-state index in [0.717, 1.165) is 11.3 Å². The van der Waals surface area contributed by atoms with Crippen molar-refractivity contribution in [3.63, 3.8) is 0 Å². The van der Waals surface area contributed by atoms with Crippen molar-refractivity contribution in [1.29, 1.82) is 0 Å². The Labute approximate surface area is 99.0 Å². The fraction of sp³-hybridized carbons (Fsp3) is 0.250. The van der Waals surface area contributed by atoms with Crippen LogP contribution in [0.4, 0.5) is 4.79 Å². The van der Waals surface area contributed by atoms with Gasteiger partial charge in [-0.1, -0.05) is 6.07 Å². The van der Waals surface area contributed by atoms with Crippen molar-refractivity contribution in [2.45, 2.75) is 6.92 Å². The minimum atomic E-state index is -0.468. The third kappa shape index (κ3) is 2.90. The molecule has 17 heavy (non-hydrogen) atoms. The Kier molecular flexibility index (Phi) is 3.49. The molecule has 0 fully saturated rings. The van der Waals surface area contributed by atoms with Gasteiger partial charge in [0, 0.05) is 6.20 Å². The Hall–Kier alpha value is -2.17. The molecule has 2 rings (SSSR count). The second-order valence-corrected chi connectivity index (χ2v) is 3.31. The fourth-order valence-corrected chi connectivity index (χ4v) is 1.40. The van der Waals surface area contributed by atoms with Crippen molar-refractivity contribution in [3.05, 3.63) is 30.0 Å². The summed E-state index contributed by atoms with van der Waals surface area (Å²) in [6, 6.07) is 5.54. The molecule has 0 aliphatic carbocycles. The van der Waals surface area contributed by atoms with Gasteiger partial charge in [-0.3, -0.25) is 5.32 Å². The molecule has 5 heteroatoms. The lowest BCUT2D eigenvalue weighted by molar-refractivity contribution is 0.156. The van der Waals surface area contributed by atoms with Crippen LogP contribution in [0.1, 0.15) is 12.5 Å². The molecule has 0 atom stereocenters. The predicted octanol–water partition coefficient (Wildman–Crippen LogP) is 2.13. The largest absolute Gasteiger partial charge is 0.454 e. The van der Waals surface area contributed by atoms with E-state index in [9.17, 15) is 4.79 Å². The van der Waals surface area contributed by atoms with Gasteiger partial charge >= 0.3 is 6.09 Å². The maximum absolute atomic E-state index is 11.0. The van der Waals surface area contributed by atoms with Crippen molar-refractivity contribution in [1.82, 2.24) is 5.32 Å². The van der Waals surface area contributed by atoms with Gasteiger partial charge < -0.3 is 14.2 Å². The van der Waals surface area contributed by atoms with Gasteiger partial charge in [0.25, 0.3) is 0 Å². The lowest BCUT2D eigenvalue weighted by Crippen LogP contribution is -2.17. The van der Waals surface area contributed by atoms with Crippen molar-refractivity contribution < 1.29 is 19.0 Å². The first-order chi connectivity index (χ1) is 8.29. The average molecular weight is 235 g/mol. The fourth-order valence-electron chi connectivity index (χ4n) is 1.40. The summed E-state index contributed by atoms with van der Waals surface area (Å²) in [5.74, 6) is 1.45. The molecule has 5 nitrogen and oxygen atoms in total. The number of nitrogens with one attached hydrogen (secondary N) is 1. The van der Waals surface area contributed by atoms with Gasteiger partial charge in [0.15, 0.2) is 11.5 Å². The van der Waals surface area contributed by atoms with Crippen LogP contribution in [0.25, 0.3) is 6.08 Å². The highest BCUT2D eigenvalue weighted by Crippen LogP contribution is 2.32. The predicted molar refractivity (Wildman–Crippen MR) is 61.8 cm³/mol. The Morgan fingerprint density at radius 1 is 1.47 bits per heavy atom. The summed E-state index contributed by atoms with van der Waals surface area (Å²) in [5, 5.41) is 2.49. The van der Waals surface area contributed by atoms with Gasteiger partial charge in [0.05, 0.1) is 6.61 Å². The number of carbonyl (C=O) groups is 1. The van der Waals surface area contributed by atoms with Crippen molar-refractivity contribution in [3.8, 4) is 11.5 Å². The smallest absolute Gasteiger partial charge is 0.411 e. The highest BCUT2D eigenvalue weighted by molar-refractivity contribution is 5.70. The second-order valence-electron chi connectivity index (χ2n) is 3.31. The van der Waals surface area contributed by atoms with E-state index in [2.05, 4.69) is 5.32 Å².